The zero-order chi connectivity index (χ0) is 14.1. The van der Waals surface area contributed by atoms with Crippen molar-refractivity contribution in [2.24, 2.45) is 11.7 Å². The first-order chi connectivity index (χ1) is 9.08. The van der Waals surface area contributed by atoms with Crippen molar-refractivity contribution in [1.82, 2.24) is 10.2 Å². The van der Waals surface area contributed by atoms with Crippen molar-refractivity contribution in [3.8, 4) is 0 Å². The second-order valence-electron chi connectivity index (χ2n) is 4.91. The molecule has 0 aromatic rings. The highest BCUT2D eigenvalue weighted by Crippen LogP contribution is 2.05. The number of hydrogen-bond donors (Lipinski definition) is 2. The van der Waals surface area contributed by atoms with Gasteiger partial charge in [-0.05, 0) is 18.9 Å². The molecular weight excluding hydrogens is 246 g/mol. The van der Waals surface area contributed by atoms with Crippen molar-refractivity contribution in [2.45, 2.75) is 19.8 Å². The van der Waals surface area contributed by atoms with Crippen molar-refractivity contribution in [3.05, 3.63) is 6.42 Å². The van der Waals surface area contributed by atoms with Gasteiger partial charge in [-0.1, -0.05) is 6.92 Å². The molecule has 1 aliphatic rings. The minimum absolute atomic E-state index is 0.114. The Labute approximate surface area is 114 Å². The average Bonchev–Trinajstić information content (AvgIpc) is 2.35. The molecule has 109 valence electrons. The van der Waals surface area contributed by atoms with Gasteiger partial charge in [0.1, 0.15) is 0 Å². The van der Waals surface area contributed by atoms with Crippen LogP contribution < -0.4 is 11.1 Å². The van der Waals surface area contributed by atoms with Crippen LogP contribution in [-0.2, 0) is 14.3 Å². The molecule has 1 heterocycles. The maximum Gasteiger partial charge on any atom is 0.224 e. The molecule has 6 nitrogen and oxygen atoms in total. The molecule has 0 aromatic heterocycles. The van der Waals surface area contributed by atoms with E-state index in [1.54, 1.807) is 6.92 Å². The Morgan fingerprint density at radius 2 is 2.11 bits per heavy atom. The SMILES string of the molecule is C[C@@H]([CH]C(=O)NCCCN1CCOCC1)CC(N)=O. The molecule has 1 rings (SSSR count). The first kappa shape index (κ1) is 15.9. The van der Waals surface area contributed by atoms with Crippen LogP contribution >= 0.6 is 0 Å². The molecule has 0 spiro atoms. The van der Waals surface area contributed by atoms with E-state index in [1.807, 2.05) is 0 Å². The largest absolute Gasteiger partial charge is 0.379 e. The number of amides is 2. The van der Waals surface area contributed by atoms with E-state index in [9.17, 15) is 9.59 Å². The monoisotopic (exact) mass is 270 g/mol. The summed E-state index contributed by atoms with van der Waals surface area (Å²) in [6.45, 7) is 6.95. The highest BCUT2D eigenvalue weighted by molar-refractivity contribution is 5.86. The minimum atomic E-state index is -0.385. The lowest BCUT2D eigenvalue weighted by Gasteiger charge is -2.26. The fraction of sp³-hybridized carbons (Fsp3) is 0.769. The van der Waals surface area contributed by atoms with Gasteiger partial charge >= 0.3 is 0 Å². The minimum Gasteiger partial charge on any atom is -0.379 e. The van der Waals surface area contributed by atoms with Gasteiger partial charge in [-0.25, -0.2) is 0 Å². The lowest BCUT2D eigenvalue weighted by molar-refractivity contribution is -0.119. The van der Waals surface area contributed by atoms with Gasteiger partial charge in [0.15, 0.2) is 0 Å². The third-order valence-corrected chi connectivity index (χ3v) is 3.01. The quantitative estimate of drug-likeness (QED) is 0.585. The number of nitrogens with zero attached hydrogens (tertiary/aromatic N) is 1. The summed E-state index contributed by atoms with van der Waals surface area (Å²) >= 11 is 0. The van der Waals surface area contributed by atoms with Crippen molar-refractivity contribution in [1.29, 1.82) is 0 Å². The molecule has 6 heteroatoms. The predicted octanol–water partition coefficient (Wildman–Crippen LogP) is -0.459. The number of nitrogens with one attached hydrogen (secondary N) is 1. The Hall–Kier alpha value is -1.14. The van der Waals surface area contributed by atoms with Crippen molar-refractivity contribution < 1.29 is 14.3 Å². The summed E-state index contributed by atoms with van der Waals surface area (Å²) in [4.78, 5) is 24.5. The first-order valence-corrected chi connectivity index (χ1v) is 6.79. The molecular formula is C13H24N3O3. The molecule has 19 heavy (non-hydrogen) atoms. The smallest absolute Gasteiger partial charge is 0.224 e. The number of morpholine rings is 1. The van der Waals surface area contributed by atoms with Crippen molar-refractivity contribution in [3.63, 3.8) is 0 Å². The third kappa shape index (κ3) is 7.79. The Kier molecular flexibility index (Phi) is 7.43. The summed E-state index contributed by atoms with van der Waals surface area (Å²) in [5.41, 5.74) is 5.07. The van der Waals surface area contributed by atoms with Gasteiger partial charge in [-0.15, -0.1) is 0 Å². The van der Waals surface area contributed by atoms with Crippen LogP contribution in [0.5, 0.6) is 0 Å². The van der Waals surface area contributed by atoms with Crippen molar-refractivity contribution >= 4 is 11.8 Å². The Balaban J connectivity index is 2.01. The number of ether oxygens (including phenoxy) is 1. The van der Waals surface area contributed by atoms with E-state index < -0.39 is 0 Å². The molecule has 1 fully saturated rings. The maximum absolute atomic E-state index is 11.5. The van der Waals surface area contributed by atoms with Gasteiger partial charge in [-0.2, -0.15) is 0 Å². The zero-order valence-corrected chi connectivity index (χ0v) is 11.6. The van der Waals surface area contributed by atoms with Gasteiger partial charge in [0, 0.05) is 26.1 Å². The molecule has 1 aliphatic heterocycles. The van der Waals surface area contributed by atoms with Crippen LogP contribution in [0.4, 0.5) is 0 Å². The van der Waals surface area contributed by atoms with Gasteiger partial charge in [0.2, 0.25) is 11.8 Å². The number of carbonyl (C=O) groups is 2. The molecule has 1 radical (unpaired) electrons. The summed E-state index contributed by atoms with van der Waals surface area (Å²) in [7, 11) is 0. The van der Waals surface area contributed by atoms with Crippen LogP contribution in [0.1, 0.15) is 19.8 Å². The van der Waals surface area contributed by atoms with Crippen LogP contribution in [0.25, 0.3) is 0 Å². The number of rotatable bonds is 8. The fourth-order valence-electron chi connectivity index (χ4n) is 2.03. The molecule has 2 amide bonds. The molecule has 0 saturated carbocycles. The first-order valence-electron chi connectivity index (χ1n) is 6.79. The van der Waals surface area contributed by atoms with Crippen LogP contribution in [-0.4, -0.2) is 56.1 Å². The summed E-state index contributed by atoms with van der Waals surface area (Å²) in [6.07, 6.45) is 2.64. The van der Waals surface area contributed by atoms with Crippen LogP contribution in [0.3, 0.4) is 0 Å². The van der Waals surface area contributed by atoms with E-state index in [-0.39, 0.29) is 24.2 Å². The van der Waals surface area contributed by atoms with E-state index in [1.165, 1.54) is 6.42 Å². The van der Waals surface area contributed by atoms with Crippen LogP contribution in [0.15, 0.2) is 0 Å². The number of primary amides is 1. The number of nitrogens with two attached hydrogens (primary N) is 1. The van der Waals surface area contributed by atoms with Gasteiger partial charge in [0.05, 0.1) is 19.6 Å². The van der Waals surface area contributed by atoms with E-state index in [0.29, 0.717) is 6.54 Å². The third-order valence-electron chi connectivity index (χ3n) is 3.01. The van der Waals surface area contributed by atoms with Crippen molar-refractivity contribution in [2.75, 3.05) is 39.4 Å². The van der Waals surface area contributed by atoms with Gasteiger partial charge in [-0.3, -0.25) is 14.5 Å². The van der Waals surface area contributed by atoms with E-state index in [0.717, 1.165) is 39.3 Å². The van der Waals surface area contributed by atoms with Crippen LogP contribution in [0.2, 0.25) is 0 Å². The predicted molar refractivity (Wildman–Crippen MR) is 72.2 cm³/mol. The summed E-state index contributed by atoms with van der Waals surface area (Å²) < 4.78 is 5.27. The maximum atomic E-state index is 11.5. The molecule has 1 atom stereocenters. The van der Waals surface area contributed by atoms with Crippen LogP contribution in [0, 0.1) is 12.3 Å². The van der Waals surface area contributed by atoms with Gasteiger partial charge < -0.3 is 15.8 Å². The normalized spacial score (nSPS) is 17.9. The Bertz CT molecular complexity index is 291. The second-order valence-corrected chi connectivity index (χ2v) is 4.91. The topological polar surface area (TPSA) is 84.7 Å². The summed E-state index contributed by atoms with van der Waals surface area (Å²) in [6, 6.07) is 0. The Morgan fingerprint density at radius 3 is 2.74 bits per heavy atom. The second kappa shape index (κ2) is 8.87. The average molecular weight is 270 g/mol. The molecule has 0 bridgehead atoms. The highest BCUT2D eigenvalue weighted by Gasteiger charge is 2.12. The Morgan fingerprint density at radius 1 is 1.42 bits per heavy atom. The highest BCUT2D eigenvalue weighted by atomic mass is 16.5. The molecule has 0 unspecified atom stereocenters. The lowest BCUT2D eigenvalue weighted by atomic mass is 10.0. The standard InChI is InChI=1S/C13H24N3O3/c1-11(9-12(14)17)10-13(18)15-3-2-4-16-5-7-19-8-6-16/h10-11H,2-9H2,1H3,(H2,14,17)(H,15,18)/t11-/m1/s1. The molecule has 0 aliphatic carbocycles. The lowest BCUT2D eigenvalue weighted by Crippen LogP contribution is -2.38. The molecule has 3 N–H and O–H groups in total. The fourth-order valence-corrected chi connectivity index (χ4v) is 2.03. The van der Waals surface area contributed by atoms with Gasteiger partial charge in [0.25, 0.3) is 0 Å². The number of hydrogen-bond acceptors (Lipinski definition) is 4. The van der Waals surface area contributed by atoms with E-state index in [2.05, 4.69) is 10.2 Å². The number of carbonyl (C=O) groups excluding carboxylic acids is 2. The summed E-state index contributed by atoms with van der Waals surface area (Å²) in [5.74, 6) is -0.628. The summed E-state index contributed by atoms with van der Waals surface area (Å²) in [5, 5.41) is 2.82. The zero-order valence-electron chi connectivity index (χ0n) is 11.6. The van der Waals surface area contributed by atoms with E-state index >= 15 is 0 Å². The molecule has 1 saturated heterocycles. The molecule has 0 aromatic carbocycles. The van der Waals surface area contributed by atoms with E-state index in [4.69, 9.17) is 10.5 Å².